The number of anilines is 1. The highest BCUT2D eigenvalue weighted by Crippen LogP contribution is 2.40. The molecule has 0 saturated carbocycles. The van der Waals surface area contributed by atoms with Crippen molar-refractivity contribution in [3.05, 3.63) is 45.3 Å². The van der Waals surface area contributed by atoms with Gasteiger partial charge in [0.25, 0.3) is 0 Å². The summed E-state index contributed by atoms with van der Waals surface area (Å²) in [6.07, 6.45) is 0. The van der Waals surface area contributed by atoms with E-state index in [2.05, 4.69) is 36.2 Å². The molecule has 0 aliphatic heterocycles. The van der Waals surface area contributed by atoms with Gasteiger partial charge >= 0.3 is 0 Å². The number of carbonyl (C=O) groups excluding carboxylic acids is 2. The number of nitrogens with zero attached hydrogens (tertiary/aromatic N) is 2. The van der Waals surface area contributed by atoms with Crippen molar-refractivity contribution < 1.29 is 9.59 Å². The Hall–Kier alpha value is -1.57. The number of rotatable bonds is 2. The lowest BCUT2D eigenvalue weighted by Crippen LogP contribution is -2.33. The summed E-state index contributed by atoms with van der Waals surface area (Å²) >= 11 is 8.21. The standard InChI is InChI=1S/C17H12Br2N2O2S/c1-9(22)21(10(2)23)16-8-12(19)4-6-14(16)17-13-5-3-11(18)7-15(13)20-24-17/h3-8H,1-2H3. The van der Waals surface area contributed by atoms with Crippen molar-refractivity contribution in [3.8, 4) is 10.4 Å². The van der Waals surface area contributed by atoms with E-state index in [0.29, 0.717) is 5.69 Å². The number of hydrogen-bond donors (Lipinski definition) is 0. The van der Waals surface area contributed by atoms with Gasteiger partial charge in [0.05, 0.1) is 16.1 Å². The molecule has 0 spiro atoms. The molecule has 1 heterocycles. The van der Waals surface area contributed by atoms with Crippen LogP contribution in [-0.2, 0) is 9.59 Å². The van der Waals surface area contributed by atoms with Crippen LogP contribution in [0.1, 0.15) is 13.8 Å². The first kappa shape index (κ1) is 17.3. The van der Waals surface area contributed by atoms with Crippen LogP contribution in [0.5, 0.6) is 0 Å². The lowest BCUT2D eigenvalue weighted by molar-refractivity contribution is -0.124. The fraction of sp³-hybridized carbons (Fsp3) is 0.118. The summed E-state index contributed by atoms with van der Waals surface area (Å²) in [5.74, 6) is -0.642. The lowest BCUT2D eigenvalue weighted by Gasteiger charge is -2.20. The number of halogens is 2. The highest BCUT2D eigenvalue weighted by Gasteiger charge is 2.22. The summed E-state index contributed by atoms with van der Waals surface area (Å²) in [4.78, 5) is 26.1. The SMILES string of the molecule is CC(=O)N(C(C)=O)c1cc(Br)ccc1-c1snc2cc(Br)ccc12. The van der Waals surface area contributed by atoms with Gasteiger partial charge in [-0.3, -0.25) is 14.5 Å². The molecular formula is C17H12Br2N2O2S. The first-order chi connectivity index (χ1) is 11.4. The van der Waals surface area contributed by atoms with Crippen LogP contribution in [-0.4, -0.2) is 16.2 Å². The van der Waals surface area contributed by atoms with Crippen LogP contribution in [0.2, 0.25) is 0 Å². The first-order valence-electron chi connectivity index (χ1n) is 7.04. The van der Waals surface area contributed by atoms with Gasteiger partial charge in [-0.1, -0.05) is 44.0 Å². The molecule has 0 aliphatic carbocycles. The van der Waals surface area contributed by atoms with Crippen LogP contribution in [0, 0.1) is 0 Å². The summed E-state index contributed by atoms with van der Waals surface area (Å²) in [7, 11) is 0. The quantitative estimate of drug-likeness (QED) is 0.507. The molecular weight excluding hydrogens is 456 g/mol. The molecule has 24 heavy (non-hydrogen) atoms. The predicted molar refractivity (Wildman–Crippen MR) is 104 cm³/mol. The zero-order valence-electron chi connectivity index (χ0n) is 12.8. The van der Waals surface area contributed by atoms with Crippen molar-refractivity contribution >= 4 is 71.8 Å². The Balaban J connectivity index is 2.27. The van der Waals surface area contributed by atoms with Crippen LogP contribution in [0.15, 0.2) is 45.3 Å². The average Bonchev–Trinajstić information content (AvgIpc) is 2.89. The number of benzene rings is 2. The van der Waals surface area contributed by atoms with E-state index in [9.17, 15) is 9.59 Å². The van der Waals surface area contributed by atoms with E-state index in [1.165, 1.54) is 30.3 Å². The lowest BCUT2D eigenvalue weighted by atomic mass is 10.1. The van der Waals surface area contributed by atoms with Gasteiger partial charge in [0.2, 0.25) is 11.8 Å². The Morgan fingerprint density at radius 2 is 1.62 bits per heavy atom. The van der Waals surface area contributed by atoms with Gasteiger partial charge in [0.15, 0.2) is 0 Å². The fourth-order valence-electron chi connectivity index (χ4n) is 2.55. The highest BCUT2D eigenvalue weighted by atomic mass is 79.9. The summed E-state index contributed by atoms with van der Waals surface area (Å²) in [5, 5.41) is 0.985. The minimum absolute atomic E-state index is 0.321. The van der Waals surface area contributed by atoms with Crippen LogP contribution in [0.4, 0.5) is 5.69 Å². The van der Waals surface area contributed by atoms with Gasteiger partial charge in [-0.25, -0.2) is 0 Å². The van der Waals surface area contributed by atoms with Crippen molar-refractivity contribution in [1.29, 1.82) is 0 Å². The monoisotopic (exact) mass is 466 g/mol. The second-order valence-electron chi connectivity index (χ2n) is 5.21. The third-order valence-electron chi connectivity index (χ3n) is 3.51. The maximum atomic E-state index is 12.0. The van der Waals surface area contributed by atoms with E-state index >= 15 is 0 Å². The Morgan fingerprint density at radius 3 is 2.29 bits per heavy atom. The Labute approximate surface area is 159 Å². The van der Waals surface area contributed by atoms with E-state index in [1.54, 1.807) is 6.07 Å². The Morgan fingerprint density at radius 1 is 1.00 bits per heavy atom. The molecule has 2 aromatic carbocycles. The molecule has 0 atom stereocenters. The number of amides is 2. The van der Waals surface area contributed by atoms with Crippen LogP contribution in [0.3, 0.4) is 0 Å². The molecule has 4 nitrogen and oxygen atoms in total. The molecule has 7 heteroatoms. The number of carbonyl (C=O) groups is 2. The molecule has 0 radical (unpaired) electrons. The molecule has 0 bridgehead atoms. The van der Waals surface area contributed by atoms with Crippen molar-refractivity contribution in [1.82, 2.24) is 4.37 Å². The summed E-state index contributed by atoms with van der Waals surface area (Å²) in [5.41, 5.74) is 2.23. The van der Waals surface area contributed by atoms with Crippen molar-refractivity contribution in [2.24, 2.45) is 0 Å². The second kappa shape index (κ2) is 6.74. The van der Waals surface area contributed by atoms with Crippen molar-refractivity contribution in [2.45, 2.75) is 13.8 Å². The zero-order chi connectivity index (χ0) is 17.4. The Kier molecular flexibility index (Phi) is 4.85. The topological polar surface area (TPSA) is 50.3 Å². The minimum atomic E-state index is -0.321. The molecule has 3 rings (SSSR count). The summed E-state index contributed by atoms with van der Waals surface area (Å²) in [6.45, 7) is 2.77. The Bertz CT molecular complexity index is 954. The molecule has 0 fully saturated rings. The van der Waals surface area contributed by atoms with E-state index in [-0.39, 0.29) is 11.8 Å². The summed E-state index contributed by atoms with van der Waals surface area (Å²) in [6, 6.07) is 11.4. The maximum Gasteiger partial charge on any atom is 0.230 e. The van der Waals surface area contributed by atoms with Gasteiger partial charge < -0.3 is 0 Å². The number of hydrogen-bond acceptors (Lipinski definition) is 4. The van der Waals surface area contributed by atoms with Crippen LogP contribution >= 0.6 is 43.4 Å². The van der Waals surface area contributed by atoms with Gasteiger partial charge in [0.1, 0.15) is 0 Å². The molecule has 122 valence electrons. The van der Waals surface area contributed by atoms with Crippen LogP contribution < -0.4 is 4.90 Å². The van der Waals surface area contributed by atoms with Gasteiger partial charge in [-0.05, 0) is 35.8 Å². The number of fused-ring (bicyclic) bond motifs is 1. The molecule has 2 amide bonds. The predicted octanol–water partition coefficient (Wildman–Crippen LogP) is 5.39. The minimum Gasteiger partial charge on any atom is -0.274 e. The van der Waals surface area contributed by atoms with Crippen molar-refractivity contribution in [3.63, 3.8) is 0 Å². The van der Waals surface area contributed by atoms with E-state index in [0.717, 1.165) is 30.3 Å². The number of imide groups is 1. The smallest absolute Gasteiger partial charge is 0.230 e. The van der Waals surface area contributed by atoms with E-state index in [4.69, 9.17) is 0 Å². The van der Waals surface area contributed by atoms with Gasteiger partial charge in [-0.15, -0.1) is 0 Å². The van der Waals surface area contributed by atoms with Gasteiger partial charge in [-0.2, -0.15) is 4.37 Å². The molecule has 0 N–H and O–H groups in total. The molecule has 0 unspecified atom stereocenters. The second-order valence-corrected chi connectivity index (χ2v) is 7.81. The van der Waals surface area contributed by atoms with E-state index < -0.39 is 0 Å². The largest absolute Gasteiger partial charge is 0.274 e. The first-order valence-corrected chi connectivity index (χ1v) is 9.40. The third kappa shape index (κ3) is 3.16. The van der Waals surface area contributed by atoms with Crippen molar-refractivity contribution in [2.75, 3.05) is 4.90 Å². The molecule has 0 saturated heterocycles. The highest BCUT2D eigenvalue weighted by molar-refractivity contribution is 9.10. The van der Waals surface area contributed by atoms with Gasteiger partial charge in [0, 0.05) is 33.7 Å². The maximum absolute atomic E-state index is 12.0. The average molecular weight is 468 g/mol. The molecule has 3 aromatic rings. The molecule has 0 aliphatic rings. The normalized spacial score (nSPS) is 10.8. The zero-order valence-corrected chi connectivity index (χ0v) is 16.8. The third-order valence-corrected chi connectivity index (χ3v) is 5.41. The molecule has 1 aromatic heterocycles. The fourth-order valence-corrected chi connectivity index (χ4v) is 4.13. The number of aromatic nitrogens is 1. The van der Waals surface area contributed by atoms with E-state index in [1.807, 2.05) is 30.3 Å². The van der Waals surface area contributed by atoms with Crippen LogP contribution in [0.25, 0.3) is 21.3 Å². The summed E-state index contributed by atoms with van der Waals surface area (Å²) < 4.78 is 6.23.